The first-order valence-corrected chi connectivity index (χ1v) is 12.7. The van der Waals surface area contributed by atoms with E-state index in [1.807, 2.05) is 0 Å². The van der Waals surface area contributed by atoms with E-state index in [9.17, 15) is 28.8 Å². The highest BCUT2D eigenvalue weighted by atomic mass is 32.2. The first-order chi connectivity index (χ1) is 18.4. The average molecular weight is 568 g/mol. The van der Waals surface area contributed by atoms with Crippen molar-refractivity contribution in [1.82, 2.24) is 4.90 Å². The van der Waals surface area contributed by atoms with E-state index >= 15 is 0 Å². The molecule has 1 aromatic carbocycles. The minimum atomic E-state index is -1.85. The number of methoxy groups -OCH3 is 1. The Morgan fingerprint density at radius 3 is 2.21 bits per heavy atom. The van der Waals surface area contributed by atoms with Crippen LogP contribution in [0, 0.1) is 0 Å². The van der Waals surface area contributed by atoms with Crippen LogP contribution in [0.3, 0.4) is 0 Å². The molecule has 0 aromatic heterocycles. The van der Waals surface area contributed by atoms with Gasteiger partial charge in [-0.2, -0.15) is 0 Å². The summed E-state index contributed by atoms with van der Waals surface area (Å²) < 4.78 is 32.8. The number of amides is 2. The number of esters is 4. The van der Waals surface area contributed by atoms with Crippen molar-refractivity contribution in [2.24, 2.45) is 0 Å². The topological polar surface area (TPSA) is 161 Å². The maximum absolute atomic E-state index is 13.3. The Balaban J connectivity index is 2.18. The summed E-state index contributed by atoms with van der Waals surface area (Å²) in [7, 11) is 1.15. The Morgan fingerprint density at radius 2 is 1.67 bits per heavy atom. The van der Waals surface area contributed by atoms with E-state index in [1.165, 1.54) is 0 Å². The molecular weight excluding hydrogens is 538 g/mol. The molecule has 1 aromatic rings. The maximum Gasteiger partial charge on any atom is 0.417 e. The van der Waals surface area contributed by atoms with Crippen LogP contribution in [0.15, 0.2) is 35.2 Å². The van der Waals surface area contributed by atoms with Crippen molar-refractivity contribution >= 4 is 47.6 Å². The van der Waals surface area contributed by atoms with Crippen LogP contribution in [0.5, 0.6) is 0 Å². The van der Waals surface area contributed by atoms with Crippen molar-refractivity contribution in [1.29, 1.82) is 0 Å². The van der Waals surface area contributed by atoms with Gasteiger partial charge >= 0.3 is 30.0 Å². The molecule has 2 aliphatic heterocycles. The van der Waals surface area contributed by atoms with E-state index in [4.69, 9.17) is 28.4 Å². The van der Waals surface area contributed by atoms with Gasteiger partial charge in [0.1, 0.15) is 24.9 Å². The van der Waals surface area contributed by atoms with Crippen LogP contribution in [0.4, 0.5) is 4.79 Å². The Kier molecular flexibility index (Phi) is 9.56. The summed E-state index contributed by atoms with van der Waals surface area (Å²) in [6.45, 7) is 3.86. The van der Waals surface area contributed by atoms with E-state index in [0.29, 0.717) is 4.90 Å². The highest BCUT2D eigenvalue weighted by molar-refractivity contribution is 8.01. The molecule has 0 aliphatic carbocycles. The summed E-state index contributed by atoms with van der Waals surface area (Å²) in [4.78, 5) is 73.9. The molecule has 2 heterocycles. The van der Waals surface area contributed by atoms with Gasteiger partial charge < -0.3 is 28.4 Å². The number of nitrogens with zero attached hydrogens (tertiary/aromatic N) is 1. The largest absolute Gasteiger partial charge is 0.466 e. The van der Waals surface area contributed by atoms with Crippen molar-refractivity contribution in [2.45, 2.75) is 74.4 Å². The lowest BCUT2D eigenvalue weighted by molar-refractivity contribution is -0.219. The number of imide groups is 1. The number of ether oxygens (including phenoxy) is 6. The van der Waals surface area contributed by atoms with Crippen molar-refractivity contribution < 1.29 is 57.2 Å². The lowest BCUT2D eigenvalue weighted by atomic mass is 9.89. The number of hydrogen-bond donors (Lipinski definition) is 0. The molecule has 13 nitrogen and oxygen atoms in total. The van der Waals surface area contributed by atoms with Crippen molar-refractivity contribution in [3.63, 3.8) is 0 Å². The number of benzene rings is 1. The molecule has 0 spiro atoms. The van der Waals surface area contributed by atoms with Gasteiger partial charge in [-0.25, -0.2) is 14.5 Å². The van der Waals surface area contributed by atoms with Crippen molar-refractivity contribution in [2.75, 3.05) is 13.7 Å². The fourth-order valence-corrected chi connectivity index (χ4v) is 5.74. The number of rotatable bonds is 9. The molecule has 212 valence electrons. The summed E-state index contributed by atoms with van der Waals surface area (Å²) in [5.74, 6) is -3.92. The summed E-state index contributed by atoms with van der Waals surface area (Å²) in [5, 5.41) is 0. The van der Waals surface area contributed by atoms with Crippen LogP contribution in [0.2, 0.25) is 0 Å². The third kappa shape index (κ3) is 6.87. The average Bonchev–Trinajstić information content (AvgIpc) is 3.20. The number of carbonyl (C=O) groups excluding carboxylic acids is 6. The zero-order chi connectivity index (χ0) is 28.9. The molecule has 0 radical (unpaired) electrons. The van der Waals surface area contributed by atoms with E-state index in [2.05, 4.69) is 0 Å². The van der Waals surface area contributed by atoms with Gasteiger partial charge in [0.15, 0.2) is 12.2 Å². The van der Waals surface area contributed by atoms with Crippen LogP contribution in [0.1, 0.15) is 34.1 Å². The number of carbonyl (C=O) groups is 6. The second-order valence-corrected chi connectivity index (χ2v) is 10.1. The Hall–Kier alpha value is -3.65. The van der Waals surface area contributed by atoms with Gasteiger partial charge in [0.05, 0.1) is 7.11 Å². The number of hydrogen-bond acceptors (Lipinski definition) is 13. The van der Waals surface area contributed by atoms with Crippen LogP contribution in [0.25, 0.3) is 0 Å². The minimum Gasteiger partial charge on any atom is -0.466 e. The van der Waals surface area contributed by atoms with E-state index in [-0.39, 0.29) is 6.42 Å². The molecule has 0 N–H and O–H groups in total. The SMILES string of the molecule is COC(=O)C1(Sc2ccccc2)CC2OC(=O)N(C(C)=O)C2C(C(OC(C)=O)C(COC(C)=O)OC(C)=O)O1. The fraction of sp³-hybridized carbons (Fsp3) is 0.520. The molecule has 0 bridgehead atoms. The summed E-state index contributed by atoms with van der Waals surface area (Å²) >= 11 is 0.963. The molecule has 3 rings (SSSR count). The van der Waals surface area contributed by atoms with Crippen LogP contribution >= 0.6 is 11.8 Å². The predicted octanol–water partition coefficient (Wildman–Crippen LogP) is 1.60. The molecule has 2 amide bonds. The normalized spacial score (nSPS) is 25.4. The van der Waals surface area contributed by atoms with Gasteiger partial charge in [-0.05, 0) is 12.1 Å². The first-order valence-electron chi connectivity index (χ1n) is 11.9. The molecule has 2 aliphatic rings. The Morgan fingerprint density at radius 1 is 1.03 bits per heavy atom. The Labute approximate surface area is 228 Å². The van der Waals surface area contributed by atoms with Gasteiger partial charge in [0.2, 0.25) is 10.8 Å². The number of thioether (sulfide) groups is 1. The van der Waals surface area contributed by atoms with E-state index in [1.54, 1.807) is 30.3 Å². The highest BCUT2D eigenvalue weighted by Crippen LogP contribution is 2.48. The molecule has 6 atom stereocenters. The molecular formula is C25H29NO12S. The lowest BCUT2D eigenvalue weighted by Gasteiger charge is -2.46. The van der Waals surface area contributed by atoms with Gasteiger partial charge in [0.25, 0.3) is 0 Å². The van der Waals surface area contributed by atoms with E-state index < -0.39 is 77.9 Å². The monoisotopic (exact) mass is 567 g/mol. The van der Waals surface area contributed by atoms with Crippen molar-refractivity contribution in [3.05, 3.63) is 30.3 Å². The lowest BCUT2D eigenvalue weighted by Crippen LogP contribution is -2.65. The molecule has 0 saturated carbocycles. The van der Waals surface area contributed by atoms with Crippen LogP contribution in [-0.2, 0) is 52.4 Å². The van der Waals surface area contributed by atoms with Gasteiger partial charge in [0, 0.05) is 39.0 Å². The maximum atomic E-state index is 13.3. The zero-order valence-corrected chi connectivity index (χ0v) is 22.8. The van der Waals surface area contributed by atoms with Gasteiger partial charge in [-0.15, -0.1) is 0 Å². The van der Waals surface area contributed by atoms with Gasteiger partial charge in [-0.1, -0.05) is 30.0 Å². The standard InChI is InChI=1S/C25H29NO12S/c1-13(27)26-20-18(37-24(26)32)11-25(23(31)33-5,39-17-9-7-6-8-10-17)38-22(20)21(36-16(4)30)19(35-15(3)29)12-34-14(2)28/h6-10,18-22H,11-12H2,1-5H3. The molecule has 2 fully saturated rings. The van der Waals surface area contributed by atoms with Crippen molar-refractivity contribution in [3.8, 4) is 0 Å². The van der Waals surface area contributed by atoms with E-state index in [0.717, 1.165) is 51.5 Å². The summed E-state index contributed by atoms with van der Waals surface area (Å²) in [6, 6.07) is 7.47. The second kappa shape index (κ2) is 12.5. The summed E-state index contributed by atoms with van der Waals surface area (Å²) in [5.41, 5.74) is 0. The van der Waals surface area contributed by atoms with Gasteiger partial charge in [-0.3, -0.25) is 19.2 Å². The quantitative estimate of drug-likeness (QED) is 0.313. The fourth-order valence-electron chi connectivity index (χ4n) is 4.50. The predicted molar refractivity (Wildman–Crippen MR) is 131 cm³/mol. The molecule has 2 saturated heterocycles. The third-order valence-corrected chi connectivity index (χ3v) is 7.15. The second-order valence-electron chi connectivity index (χ2n) is 8.77. The minimum absolute atomic E-state index is 0.231. The molecule has 6 unspecified atom stereocenters. The highest BCUT2D eigenvalue weighted by Gasteiger charge is 2.63. The first kappa shape index (κ1) is 29.9. The van der Waals surface area contributed by atoms with Crippen LogP contribution in [-0.4, -0.2) is 89.9 Å². The van der Waals surface area contributed by atoms with Crippen LogP contribution < -0.4 is 0 Å². The number of fused-ring (bicyclic) bond motifs is 1. The summed E-state index contributed by atoms with van der Waals surface area (Å²) in [6.07, 6.45) is -6.83. The molecule has 14 heteroatoms. The zero-order valence-electron chi connectivity index (χ0n) is 21.9. The molecule has 39 heavy (non-hydrogen) atoms. The Bertz CT molecular complexity index is 1130. The third-order valence-electron chi connectivity index (χ3n) is 5.88. The smallest absolute Gasteiger partial charge is 0.417 e.